The zero-order valence-corrected chi connectivity index (χ0v) is 13.0. The molecule has 5 nitrogen and oxygen atoms in total. The predicted octanol–water partition coefficient (Wildman–Crippen LogP) is 2.71. The molecule has 0 radical (unpaired) electrons. The third-order valence-corrected chi connectivity index (χ3v) is 4.52. The van der Waals surface area contributed by atoms with Crippen LogP contribution in [0.3, 0.4) is 0 Å². The number of aromatic nitrogens is 2. The minimum atomic E-state index is -0.726. The van der Waals surface area contributed by atoms with Gasteiger partial charge in [-0.2, -0.15) is 0 Å². The fourth-order valence-electron chi connectivity index (χ4n) is 3.23. The molecule has 0 amide bonds. The maximum atomic E-state index is 13.3. The van der Waals surface area contributed by atoms with Crippen molar-refractivity contribution >= 4 is 16.7 Å². The number of ether oxygens (including phenoxy) is 1. The molecule has 2 aromatic heterocycles. The standard InChI is InChI=1S/C17H19FN2O3/c1-23-17(22)15-10-20(9-11-2-4-12(18)5-3-11)16(21)13-6-7-19-8-14(13)15/h6-8,10-12H,2-5,9H2,1H3. The summed E-state index contributed by atoms with van der Waals surface area (Å²) >= 11 is 0. The molecule has 0 spiro atoms. The molecule has 1 aliphatic carbocycles. The Bertz CT molecular complexity index is 779. The molecule has 0 aliphatic heterocycles. The monoisotopic (exact) mass is 318 g/mol. The molecule has 2 heterocycles. The van der Waals surface area contributed by atoms with E-state index in [9.17, 15) is 14.0 Å². The second-order valence-electron chi connectivity index (χ2n) is 6.03. The van der Waals surface area contributed by atoms with Crippen LogP contribution in [-0.2, 0) is 11.3 Å². The van der Waals surface area contributed by atoms with E-state index in [1.807, 2.05) is 0 Å². The van der Waals surface area contributed by atoms with Gasteiger partial charge in [0.25, 0.3) is 5.56 Å². The second kappa shape index (κ2) is 6.48. The van der Waals surface area contributed by atoms with Gasteiger partial charge in [-0.15, -0.1) is 0 Å². The van der Waals surface area contributed by atoms with Gasteiger partial charge in [0.2, 0.25) is 0 Å². The van der Waals surface area contributed by atoms with Gasteiger partial charge in [-0.25, -0.2) is 9.18 Å². The van der Waals surface area contributed by atoms with Crippen molar-refractivity contribution in [3.05, 3.63) is 40.6 Å². The maximum absolute atomic E-state index is 13.3. The van der Waals surface area contributed by atoms with E-state index in [0.717, 1.165) is 12.8 Å². The van der Waals surface area contributed by atoms with Gasteiger partial charge in [-0.1, -0.05) is 0 Å². The first-order valence-corrected chi connectivity index (χ1v) is 7.79. The first kappa shape index (κ1) is 15.6. The Hall–Kier alpha value is -2.24. The molecule has 0 N–H and O–H groups in total. The third-order valence-electron chi connectivity index (χ3n) is 4.52. The van der Waals surface area contributed by atoms with Crippen molar-refractivity contribution in [1.29, 1.82) is 0 Å². The lowest BCUT2D eigenvalue weighted by molar-refractivity contribution is 0.0601. The lowest BCUT2D eigenvalue weighted by Gasteiger charge is -2.25. The Morgan fingerprint density at radius 2 is 2.09 bits per heavy atom. The van der Waals surface area contributed by atoms with Gasteiger partial charge in [-0.05, 0) is 37.7 Å². The molecule has 0 aromatic carbocycles. The number of alkyl halides is 1. The van der Waals surface area contributed by atoms with E-state index >= 15 is 0 Å². The number of rotatable bonds is 3. The van der Waals surface area contributed by atoms with Gasteiger partial charge in [0.15, 0.2) is 0 Å². The van der Waals surface area contributed by atoms with Crippen molar-refractivity contribution in [3.63, 3.8) is 0 Å². The first-order valence-electron chi connectivity index (χ1n) is 7.79. The summed E-state index contributed by atoms with van der Waals surface area (Å²) in [7, 11) is 1.31. The van der Waals surface area contributed by atoms with Crippen LogP contribution in [0.1, 0.15) is 36.0 Å². The fourth-order valence-corrected chi connectivity index (χ4v) is 3.23. The molecule has 1 fully saturated rings. The van der Waals surface area contributed by atoms with Crippen LogP contribution in [0.4, 0.5) is 4.39 Å². The van der Waals surface area contributed by atoms with E-state index in [4.69, 9.17) is 4.74 Å². The van der Waals surface area contributed by atoms with E-state index in [1.165, 1.54) is 19.5 Å². The number of nitrogens with zero attached hydrogens (tertiary/aromatic N) is 2. The third kappa shape index (κ3) is 3.11. The summed E-state index contributed by atoms with van der Waals surface area (Å²) < 4.78 is 19.6. The molecule has 0 saturated heterocycles. The number of hydrogen-bond acceptors (Lipinski definition) is 4. The molecule has 1 aliphatic rings. The SMILES string of the molecule is COC(=O)c1cn(CC2CCC(F)CC2)c(=O)c2ccncc12. The molecule has 2 aromatic rings. The summed E-state index contributed by atoms with van der Waals surface area (Å²) in [5.41, 5.74) is 0.173. The molecule has 3 rings (SSSR count). The minimum Gasteiger partial charge on any atom is -0.465 e. The number of pyridine rings is 2. The summed E-state index contributed by atoms with van der Waals surface area (Å²) in [6, 6.07) is 1.61. The highest BCUT2D eigenvalue weighted by Gasteiger charge is 2.22. The lowest BCUT2D eigenvalue weighted by atomic mass is 9.88. The quantitative estimate of drug-likeness (QED) is 0.816. The van der Waals surface area contributed by atoms with Crippen LogP contribution < -0.4 is 5.56 Å². The van der Waals surface area contributed by atoms with Gasteiger partial charge in [-0.3, -0.25) is 9.78 Å². The van der Waals surface area contributed by atoms with Gasteiger partial charge in [0.1, 0.15) is 6.17 Å². The smallest absolute Gasteiger partial charge is 0.340 e. The van der Waals surface area contributed by atoms with Gasteiger partial charge < -0.3 is 9.30 Å². The van der Waals surface area contributed by atoms with Crippen LogP contribution in [0.25, 0.3) is 10.8 Å². The minimum absolute atomic E-state index is 0.155. The molecule has 0 bridgehead atoms. The molecule has 0 unspecified atom stereocenters. The highest BCUT2D eigenvalue weighted by atomic mass is 19.1. The maximum Gasteiger partial charge on any atom is 0.340 e. The Morgan fingerprint density at radius 3 is 2.78 bits per heavy atom. The summed E-state index contributed by atoms with van der Waals surface area (Å²) in [5.74, 6) is -0.242. The summed E-state index contributed by atoms with van der Waals surface area (Å²) in [6.07, 6.45) is 6.45. The number of hydrogen-bond donors (Lipinski definition) is 0. The van der Waals surface area contributed by atoms with Gasteiger partial charge >= 0.3 is 5.97 Å². The van der Waals surface area contributed by atoms with E-state index in [2.05, 4.69) is 4.98 Å². The van der Waals surface area contributed by atoms with E-state index in [1.54, 1.807) is 16.8 Å². The average Bonchev–Trinajstić information content (AvgIpc) is 2.58. The molecular formula is C17H19FN2O3. The van der Waals surface area contributed by atoms with Crippen molar-refractivity contribution in [2.75, 3.05) is 7.11 Å². The topological polar surface area (TPSA) is 61.2 Å². The number of methoxy groups -OCH3 is 1. The molecule has 23 heavy (non-hydrogen) atoms. The molecular weight excluding hydrogens is 299 g/mol. The first-order chi connectivity index (χ1) is 11.1. The summed E-state index contributed by atoms with van der Waals surface area (Å²) in [4.78, 5) is 28.6. The van der Waals surface area contributed by atoms with Crippen LogP contribution in [0.15, 0.2) is 29.5 Å². The van der Waals surface area contributed by atoms with Crippen molar-refractivity contribution < 1.29 is 13.9 Å². The van der Waals surface area contributed by atoms with Crippen LogP contribution >= 0.6 is 0 Å². The van der Waals surface area contributed by atoms with Crippen LogP contribution in [0, 0.1) is 5.92 Å². The lowest BCUT2D eigenvalue weighted by Crippen LogP contribution is -2.28. The van der Waals surface area contributed by atoms with Crippen molar-refractivity contribution in [1.82, 2.24) is 9.55 Å². The molecule has 0 atom stereocenters. The van der Waals surface area contributed by atoms with Crippen molar-refractivity contribution in [3.8, 4) is 0 Å². The van der Waals surface area contributed by atoms with Gasteiger partial charge in [0, 0.05) is 30.5 Å². The summed E-state index contributed by atoms with van der Waals surface area (Å²) in [5, 5.41) is 0.940. The second-order valence-corrected chi connectivity index (χ2v) is 6.03. The van der Waals surface area contributed by atoms with E-state index in [0.29, 0.717) is 35.7 Å². The predicted molar refractivity (Wildman–Crippen MR) is 84.2 cm³/mol. The average molecular weight is 318 g/mol. The molecule has 122 valence electrons. The number of fused-ring (bicyclic) bond motifs is 1. The Kier molecular flexibility index (Phi) is 4.41. The van der Waals surface area contributed by atoms with Crippen molar-refractivity contribution in [2.45, 2.75) is 38.4 Å². The van der Waals surface area contributed by atoms with E-state index < -0.39 is 12.1 Å². The fraction of sp³-hybridized carbons (Fsp3) is 0.471. The highest BCUT2D eigenvalue weighted by Crippen LogP contribution is 2.27. The zero-order valence-electron chi connectivity index (χ0n) is 13.0. The number of esters is 1. The van der Waals surface area contributed by atoms with Gasteiger partial charge in [0.05, 0.1) is 18.1 Å². The summed E-state index contributed by atoms with van der Waals surface area (Å²) in [6.45, 7) is 0.494. The van der Waals surface area contributed by atoms with Crippen LogP contribution in [-0.4, -0.2) is 28.8 Å². The molecule has 1 saturated carbocycles. The normalized spacial score (nSPS) is 21.3. The Balaban J connectivity index is 2.01. The zero-order chi connectivity index (χ0) is 16.4. The highest BCUT2D eigenvalue weighted by molar-refractivity contribution is 6.03. The molecule has 6 heteroatoms. The number of carbonyl (C=O) groups excluding carboxylic acids is 1. The largest absolute Gasteiger partial charge is 0.465 e. The van der Waals surface area contributed by atoms with Crippen LogP contribution in [0.2, 0.25) is 0 Å². The Labute approximate surface area is 133 Å². The Morgan fingerprint density at radius 1 is 1.35 bits per heavy atom. The number of halogens is 1. The van der Waals surface area contributed by atoms with Crippen molar-refractivity contribution in [2.24, 2.45) is 5.92 Å². The van der Waals surface area contributed by atoms with Crippen LogP contribution in [0.5, 0.6) is 0 Å². The van der Waals surface area contributed by atoms with E-state index in [-0.39, 0.29) is 11.5 Å². The number of carbonyl (C=O) groups is 1.